The second kappa shape index (κ2) is 6.18. The zero-order valence-electron chi connectivity index (χ0n) is 12.6. The van der Waals surface area contributed by atoms with Crippen LogP contribution in [0.3, 0.4) is 0 Å². The van der Waals surface area contributed by atoms with Crippen LogP contribution < -0.4 is 5.32 Å². The molecular formula is C18H25NO2. The predicted octanol–water partition coefficient (Wildman–Crippen LogP) is 2.82. The largest absolute Gasteiger partial charge is 0.389 e. The molecule has 1 aromatic carbocycles. The van der Waals surface area contributed by atoms with Crippen LogP contribution in [-0.2, 0) is 11.2 Å². The van der Waals surface area contributed by atoms with E-state index in [4.69, 9.17) is 0 Å². The summed E-state index contributed by atoms with van der Waals surface area (Å²) in [5, 5.41) is 13.5. The summed E-state index contributed by atoms with van der Waals surface area (Å²) in [4.78, 5) is 12.3. The van der Waals surface area contributed by atoms with Crippen LogP contribution in [0.1, 0.15) is 50.5 Å². The Bertz CT molecular complexity index is 475. The minimum absolute atomic E-state index is 0.0206. The Morgan fingerprint density at radius 1 is 1.24 bits per heavy atom. The van der Waals surface area contributed by atoms with Gasteiger partial charge in [-0.15, -0.1) is 0 Å². The fraction of sp³-hybridized carbons (Fsp3) is 0.611. The number of hydrogen-bond acceptors (Lipinski definition) is 2. The second-order valence-corrected chi connectivity index (χ2v) is 6.81. The molecule has 0 radical (unpaired) electrons. The summed E-state index contributed by atoms with van der Waals surface area (Å²) in [5.74, 6) is 0.639. The third-order valence-electron chi connectivity index (χ3n) is 4.86. The molecule has 0 aliphatic heterocycles. The number of hydrogen-bond donors (Lipinski definition) is 2. The molecule has 3 nitrogen and oxygen atoms in total. The van der Waals surface area contributed by atoms with Gasteiger partial charge in [0.25, 0.3) is 0 Å². The van der Waals surface area contributed by atoms with E-state index in [9.17, 15) is 9.90 Å². The number of nitrogens with one attached hydrogen (secondary N) is 1. The van der Waals surface area contributed by atoms with Crippen molar-refractivity contribution in [1.82, 2.24) is 5.32 Å². The Morgan fingerprint density at radius 3 is 2.52 bits per heavy atom. The van der Waals surface area contributed by atoms with Crippen molar-refractivity contribution >= 4 is 5.91 Å². The molecule has 21 heavy (non-hydrogen) atoms. The minimum Gasteiger partial charge on any atom is -0.389 e. The zero-order chi connectivity index (χ0) is 14.7. The van der Waals surface area contributed by atoms with Crippen molar-refractivity contribution in [2.75, 3.05) is 0 Å². The maximum atomic E-state index is 12.3. The van der Waals surface area contributed by atoms with Gasteiger partial charge in [-0.3, -0.25) is 4.79 Å². The first-order valence-electron chi connectivity index (χ1n) is 8.20. The average Bonchev–Trinajstić information content (AvgIpc) is 3.22. The molecular weight excluding hydrogens is 262 g/mol. The van der Waals surface area contributed by atoms with Gasteiger partial charge in [0.2, 0.25) is 5.91 Å². The fourth-order valence-corrected chi connectivity index (χ4v) is 3.47. The van der Waals surface area contributed by atoms with Crippen LogP contribution in [0.15, 0.2) is 30.3 Å². The lowest BCUT2D eigenvalue weighted by Gasteiger charge is -2.24. The van der Waals surface area contributed by atoms with Crippen LogP contribution in [0, 0.1) is 5.92 Å². The molecule has 3 rings (SSSR count). The molecule has 0 saturated heterocycles. The van der Waals surface area contributed by atoms with E-state index >= 15 is 0 Å². The highest BCUT2D eigenvalue weighted by Crippen LogP contribution is 2.35. The Labute approximate surface area is 126 Å². The zero-order valence-corrected chi connectivity index (χ0v) is 12.6. The number of carbonyl (C=O) groups is 1. The molecule has 2 aliphatic carbocycles. The first-order valence-corrected chi connectivity index (χ1v) is 8.20. The SMILES string of the molecule is O=C(CC1(O)CCCC1)NC(Cc1ccccc1)C1CC1. The molecule has 3 heteroatoms. The highest BCUT2D eigenvalue weighted by Gasteiger charge is 2.36. The van der Waals surface area contributed by atoms with Gasteiger partial charge in [-0.2, -0.15) is 0 Å². The van der Waals surface area contributed by atoms with Crippen LogP contribution in [-0.4, -0.2) is 22.7 Å². The van der Waals surface area contributed by atoms with E-state index in [-0.39, 0.29) is 18.4 Å². The summed E-state index contributed by atoms with van der Waals surface area (Å²) < 4.78 is 0. The van der Waals surface area contributed by atoms with Crippen molar-refractivity contribution in [3.05, 3.63) is 35.9 Å². The van der Waals surface area contributed by atoms with Crippen LogP contribution in [0.2, 0.25) is 0 Å². The first kappa shape index (κ1) is 14.6. The van der Waals surface area contributed by atoms with Crippen LogP contribution in [0.25, 0.3) is 0 Å². The van der Waals surface area contributed by atoms with Crippen molar-refractivity contribution in [2.24, 2.45) is 5.92 Å². The van der Waals surface area contributed by atoms with Gasteiger partial charge in [0, 0.05) is 6.04 Å². The Balaban J connectivity index is 1.56. The third kappa shape index (κ3) is 4.07. The van der Waals surface area contributed by atoms with E-state index in [1.807, 2.05) is 18.2 Å². The lowest BCUT2D eigenvalue weighted by atomic mass is 9.96. The Hall–Kier alpha value is -1.35. The summed E-state index contributed by atoms with van der Waals surface area (Å²) in [6.45, 7) is 0. The normalized spacial score (nSPS) is 22.0. The topological polar surface area (TPSA) is 49.3 Å². The number of amides is 1. The number of aliphatic hydroxyl groups is 1. The quantitative estimate of drug-likeness (QED) is 0.845. The number of rotatable bonds is 6. The van der Waals surface area contributed by atoms with Gasteiger partial charge < -0.3 is 10.4 Å². The molecule has 2 saturated carbocycles. The standard InChI is InChI=1S/C18H25NO2/c20-17(13-18(21)10-4-5-11-18)19-16(15-8-9-15)12-14-6-2-1-3-7-14/h1-3,6-7,15-16,21H,4-5,8-13H2,(H,19,20). The van der Waals surface area contributed by atoms with Gasteiger partial charge in [-0.05, 0) is 43.6 Å². The summed E-state index contributed by atoms with van der Waals surface area (Å²) in [6, 6.07) is 10.6. The summed E-state index contributed by atoms with van der Waals surface area (Å²) in [5.41, 5.74) is 0.527. The highest BCUT2D eigenvalue weighted by molar-refractivity contribution is 5.77. The predicted molar refractivity (Wildman–Crippen MR) is 82.8 cm³/mol. The van der Waals surface area contributed by atoms with Crippen LogP contribution in [0.5, 0.6) is 0 Å². The van der Waals surface area contributed by atoms with Gasteiger partial charge >= 0.3 is 0 Å². The number of carbonyl (C=O) groups excluding carboxylic acids is 1. The summed E-state index contributed by atoms with van der Waals surface area (Å²) >= 11 is 0. The van der Waals surface area contributed by atoms with E-state index in [0.29, 0.717) is 5.92 Å². The molecule has 0 aromatic heterocycles. The molecule has 2 aliphatic rings. The molecule has 2 N–H and O–H groups in total. The minimum atomic E-state index is -0.745. The molecule has 1 atom stereocenters. The maximum absolute atomic E-state index is 12.3. The van der Waals surface area contributed by atoms with E-state index in [0.717, 1.165) is 32.1 Å². The van der Waals surface area contributed by atoms with Crippen molar-refractivity contribution in [3.63, 3.8) is 0 Å². The van der Waals surface area contributed by atoms with Gasteiger partial charge in [0.15, 0.2) is 0 Å². The van der Waals surface area contributed by atoms with Crippen molar-refractivity contribution in [1.29, 1.82) is 0 Å². The molecule has 2 fully saturated rings. The van der Waals surface area contributed by atoms with Crippen molar-refractivity contribution in [2.45, 2.75) is 63.0 Å². The summed E-state index contributed by atoms with van der Waals surface area (Å²) in [6.07, 6.45) is 7.21. The van der Waals surface area contributed by atoms with E-state index in [1.165, 1.54) is 18.4 Å². The molecule has 1 unspecified atom stereocenters. The Morgan fingerprint density at radius 2 is 1.90 bits per heavy atom. The monoisotopic (exact) mass is 287 g/mol. The fourth-order valence-electron chi connectivity index (χ4n) is 3.47. The van der Waals surface area contributed by atoms with Crippen LogP contribution >= 0.6 is 0 Å². The van der Waals surface area contributed by atoms with Gasteiger partial charge in [0.1, 0.15) is 0 Å². The lowest BCUT2D eigenvalue weighted by Crippen LogP contribution is -2.42. The smallest absolute Gasteiger partial charge is 0.223 e. The van der Waals surface area contributed by atoms with Gasteiger partial charge in [0.05, 0.1) is 12.0 Å². The van der Waals surface area contributed by atoms with E-state index in [2.05, 4.69) is 17.4 Å². The van der Waals surface area contributed by atoms with Crippen molar-refractivity contribution < 1.29 is 9.90 Å². The third-order valence-corrected chi connectivity index (χ3v) is 4.86. The lowest BCUT2D eigenvalue weighted by molar-refractivity contribution is -0.126. The average molecular weight is 287 g/mol. The summed E-state index contributed by atoms with van der Waals surface area (Å²) in [7, 11) is 0. The van der Waals surface area contributed by atoms with Gasteiger partial charge in [-0.1, -0.05) is 43.2 Å². The molecule has 114 valence electrons. The molecule has 0 bridgehead atoms. The van der Waals surface area contributed by atoms with Crippen molar-refractivity contribution in [3.8, 4) is 0 Å². The highest BCUT2D eigenvalue weighted by atomic mass is 16.3. The van der Waals surface area contributed by atoms with E-state index < -0.39 is 5.60 Å². The maximum Gasteiger partial charge on any atom is 0.223 e. The molecule has 0 spiro atoms. The van der Waals surface area contributed by atoms with Gasteiger partial charge in [-0.25, -0.2) is 0 Å². The second-order valence-electron chi connectivity index (χ2n) is 6.81. The molecule has 0 heterocycles. The Kier molecular flexibility index (Phi) is 4.29. The van der Waals surface area contributed by atoms with E-state index in [1.54, 1.807) is 0 Å². The number of benzene rings is 1. The molecule has 1 amide bonds. The van der Waals surface area contributed by atoms with Crippen LogP contribution in [0.4, 0.5) is 0 Å². The molecule has 1 aromatic rings. The first-order chi connectivity index (χ1) is 10.1.